The van der Waals surface area contributed by atoms with Gasteiger partial charge in [0.2, 0.25) is 0 Å². The summed E-state index contributed by atoms with van der Waals surface area (Å²) in [5, 5.41) is 3.47. The Labute approximate surface area is 133 Å². The van der Waals surface area contributed by atoms with Crippen molar-refractivity contribution in [1.29, 1.82) is 0 Å². The van der Waals surface area contributed by atoms with Gasteiger partial charge in [0.1, 0.15) is 4.99 Å². The Hall–Kier alpha value is -1.39. The Morgan fingerprint density at radius 2 is 1.85 bits per heavy atom. The summed E-state index contributed by atoms with van der Waals surface area (Å²) in [4.78, 5) is 0.385. The van der Waals surface area contributed by atoms with Crippen molar-refractivity contribution in [2.75, 3.05) is 5.32 Å². The fourth-order valence-corrected chi connectivity index (χ4v) is 3.00. The predicted molar refractivity (Wildman–Crippen MR) is 93.2 cm³/mol. The van der Waals surface area contributed by atoms with Crippen LogP contribution >= 0.6 is 28.1 Å². The van der Waals surface area contributed by atoms with E-state index in [1.165, 1.54) is 11.1 Å². The highest BCUT2D eigenvalue weighted by molar-refractivity contribution is 9.10. The molecule has 0 aliphatic heterocycles. The largest absolute Gasteiger partial charge is 0.389 e. The van der Waals surface area contributed by atoms with E-state index in [-0.39, 0.29) is 6.04 Å². The van der Waals surface area contributed by atoms with Gasteiger partial charge in [-0.1, -0.05) is 48.1 Å². The lowest BCUT2D eigenvalue weighted by Gasteiger charge is -2.19. The Kier molecular flexibility index (Phi) is 4.78. The van der Waals surface area contributed by atoms with Crippen LogP contribution in [0.2, 0.25) is 0 Å². The second kappa shape index (κ2) is 6.37. The van der Waals surface area contributed by atoms with Crippen molar-refractivity contribution in [3.63, 3.8) is 0 Å². The number of nitrogens with one attached hydrogen (secondary N) is 1. The molecule has 0 spiro atoms. The smallest absolute Gasteiger partial charge is 0.107 e. The summed E-state index contributed by atoms with van der Waals surface area (Å²) in [6.07, 6.45) is 0. The molecule has 4 heteroatoms. The Bertz CT molecular complexity index is 623. The molecule has 0 aliphatic rings. The van der Waals surface area contributed by atoms with Crippen molar-refractivity contribution in [3.05, 3.63) is 63.6 Å². The Morgan fingerprint density at radius 1 is 1.20 bits per heavy atom. The molecule has 2 aromatic rings. The summed E-state index contributed by atoms with van der Waals surface area (Å²) in [5.74, 6) is 0. The minimum Gasteiger partial charge on any atom is -0.389 e. The molecule has 0 amide bonds. The fraction of sp³-hybridized carbons (Fsp3) is 0.188. The molecule has 2 rings (SSSR count). The molecule has 0 aliphatic carbocycles. The third kappa shape index (κ3) is 3.38. The van der Waals surface area contributed by atoms with E-state index >= 15 is 0 Å². The quantitative estimate of drug-likeness (QED) is 0.795. The molecule has 0 heterocycles. The van der Waals surface area contributed by atoms with Crippen molar-refractivity contribution in [2.45, 2.75) is 19.9 Å². The molecule has 0 aromatic heterocycles. The van der Waals surface area contributed by atoms with Gasteiger partial charge in [0.25, 0.3) is 0 Å². The van der Waals surface area contributed by atoms with E-state index in [0.29, 0.717) is 4.99 Å². The zero-order chi connectivity index (χ0) is 14.7. The minimum absolute atomic E-state index is 0.179. The summed E-state index contributed by atoms with van der Waals surface area (Å²) in [6.45, 7) is 4.20. The molecule has 0 fully saturated rings. The monoisotopic (exact) mass is 348 g/mol. The van der Waals surface area contributed by atoms with Gasteiger partial charge in [-0.15, -0.1) is 0 Å². The Balaban J connectivity index is 2.28. The van der Waals surface area contributed by atoms with Gasteiger partial charge >= 0.3 is 0 Å². The topological polar surface area (TPSA) is 38.0 Å². The second-order valence-electron chi connectivity index (χ2n) is 4.80. The zero-order valence-corrected chi connectivity index (χ0v) is 13.9. The maximum absolute atomic E-state index is 5.81. The second-order valence-corrected chi connectivity index (χ2v) is 6.10. The first-order valence-corrected chi connectivity index (χ1v) is 7.60. The summed E-state index contributed by atoms with van der Waals surface area (Å²) in [5.41, 5.74) is 10.1. The summed E-state index contributed by atoms with van der Waals surface area (Å²) in [7, 11) is 0. The van der Waals surface area contributed by atoms with Crippen molar-refractivity contribution in [3.8, 4) is 0 Å². The Morgan fingerprint density at radius 3 is 2.45 bits per heavy atom. The van der Waals surface area contributed by atoms with E-state index in [1.807, 2.05) is 18.2 Å². The first kappa shape index (κ1) is 15.0. The molecule has 0 saturated carbocycles. The fourth-order valence-electron chi connectivity index (χ4n) is 2.07. The number of hydrogen-bond donors (Lipinski definition) is 2. The maximum Gasteiger partial charge on any atom is 0.107 e. The van der Waals surface area contributed by atoms with E-state index in [1.54, 1.807) is 0 Å². The first-order chi connectivity index (χ1) is 9.49. The molecule has 3 N–H and O–H groups in total. The standard InChI is InChI=1S/C16H17BrN2S/c1-10-6-8-12(9-7-10)11(2)19-14-5-3-4-13(17)15(14)16(18)20/h3-9,11,19H,1-2H3,(H2,18,20). The molecule has 1 atom stereocenters. The first-order valence-electron chi connectivity index (χ1n) is 6.40. The molecule has 0 bridgehead atoms. The van der Waals surface area contributed by atoms with Gasteiger partial charge in [0.05, 0.1) is 0 Å². The summed E-state index contributed by atoms with van der Waals surface area (Å²) < 4.78 is 0.908. The van der Waals surface area contributed by atoms with E-state index in [4.69, 9.17) is 18.0 Å². The number of halogens is 1. The molecule has 0 radical (unpaired) electrons. The predicted octanol–water partition coefficient (Wildman–Crippen LogP) is 4.56. The van der Waals surface area contributed by atoms with Crippen LogP contribution in [0, 0.1) is 6.92 Å². The highest BCUT2D eigenvalue weighted by atomic mass is 79.9. The van der Waals surface area contributed by atoms with Gasteiger partial charge in [-0.3, -0.25) is 0 Å². The van der Waals surface area contributed by atoms with Crippen LogP contribution < -0.4 is 11.1 Å². The van der Waals surface area contributed by atoms with Gasteiger partial charge in [-0.05, 0) is 47.5 Å². The molecule has 1 unspecified atom stereocenters. The normalized spacial score (nSPS) is 11.9. The van der Waals surface area contributed by atoms with Crippen molar-refractivity contribution >= 4 is 38.8 Å². The molecule has 104 valence electrons. The third-order valence-corrected chi connectivity index (χ3v) is 4.07. The summed E-state index contributed by atoms with van der Waals surface area (Å²) in [6, 6.07) is 14.6. The molecule has 20 heavy (non-hydrogen) atoms. The van der Waals surface area contributed by atoms with Crippen LogP contribution in [0.15, 0.2) is 46.9 Å². The molecular weight excluding hydrogens is 332 g/mol. The molecular formula is C16H17BrN2S. The number of thiocarbonyl (C=S) groups is 1. The van der Waals surface area contributed by atoms with Gasteiger partial charge in [0, 0.05) is 21.8 Å². The number of benzene rings is 2. The third-order valence-electron chi connectivity index (χ3n) is 3.21. The highest BCUT2D eigenvalue weighted by Crippen LogP contribution is 2.28. The van der Waals surface area contributed by atoms with E-state index < -0.39 is 0 Å². The number of aryl methyl sites for hydroxylation is 1. The SMILES string of the molecule is Cc1ccc(C(C)Nc2cccc(Br)c2C(N)=S)cc1. The number of anilines is 1. The van der Waals surface area contributed by atoms with Gasteiger partial charge in [0.15, 0.2) is 0 Å². The lowest BCUT2D eigenvalue weighted by atomic mass is 10.1. The van der Waals surface area contributed by atoms with Gasteiger partial charge in [-0.2, -0.15) is 0 Å². The van der Waals surface area contributed by atoms with Crippen LogP contribution in [0.4, 0.5) is 5.69 Å². The van der Waals surface area contributed by atoms with Crippen LogP contribution in [0.3, 0.4) is 0 Å². The summed E-state index contributed by atoms with van der Waals surface area (Å²) >= 11 is 8.63. The van der Waals surface area contributed by atoms with E-state index in [9.17, 15) is 0 Å². The van der Waals surface area contributed by atoms with Crippen molar-refractivity contribution < 1.29 is 0 Å². The van der Waals surface area contributed by atoms with E-state index in [2.05, 4.69) is 59.4 Å². The van der Waals surface area contributed by atoms with Crippen LogP contribution in [-0.2, 0) is 0 Å². The minimum atomic E-state index is 0.179. The average molecular weight is 349 g/mol. The van der Waals surface area contributed by atoms with Crippen molar-refractivity contribution in [2.24, 2.45) is 5.73 Å². The number of hydrogen-bond acceptors (Lipinski definition) is 2. The zero-order valence-electron chi connectivity index (χ0n) is 11.5. The van der Waals surface area contributed by atoms with E-state index in [0.717, 1.165) is 15.7 Å². The highest BCUT2D eigenvalue weighted by Gasteiger charge is 2.12. The average Bonchev–Trinajstić information content (AvgIpc) is 2.39. The van der Waals surface area contributed by atoms with Crippen LogP contribution in [0.1, 0.15) is 29.7 Å². The number of nitrogens with two attached hydrogens (primary N) is 1. The van der Waals surface area contributed by atoms with Crippen LogP contribution in [0.25, 0.3) is 0 Å². The van der Waals surface area contributed by atoms with Crippen LogP contribution in [-0.4, -0.2) is 4.99 Å². The maximum atomic E-state index is 5.81. The lowest BCUT2D eigenvalue weighted by molar-refractivity contribution is 0.883. The lowest BCUT2D eigenvalue weighted by Crippen LogP contribution is -2.15. The molecule has 2 aromatic carbocycles. The molecule has 0 saturated heterocycles. The number of rotatable bonds is 4. The van der Waals surface area contributed by atoms with Crippen molar-refractivity contribution in [1.82, 2.24) is 0 Å². The van der Waals surface area contributed by atoms with Crippen LogP contribution in [0.5, 0.6) is 0 Å². The molecule has 2 nitrogen and oxygen atoms in total. The van der Waals surface area contributed by atoms with Gasteiger partial charge in [-0.25, -0.2) is 0 Å². The van der Waals surface area contributed by atoms with Gasteiger partial charge < -0.3 is 11.1 Å².